The van der Waals surface area contributed by atoms with Gasteiger partial charge in [-0.3, -0.25) is 0 Å². The van der Waals surface area contributed by atoms with Gasteiger partial charge in [-0.2, -0.15) is 5.26 Å². The first-order valence-corrected chi connectivity index (χ1v) is 5.76. The number of nitrogens with zero attached hydrogens (tertiary/aromatic N) is 1. The quantitative estimate of drug-likeness (QED) is 0.829. The lowest BCUT2D eigenvalue weighted by molar-refractivity contribution is -0.0543. The first-order valence-electron chi connectivity index (χ1n) is 5.76. The number of benzene rings is 1. The highest BCUT2D eigenvalue weighted by atomic mass is 16.5. The fourth-order valence-corrected chi connectivity index (χ4v) is 1.89. The normalized spacial score (nSPS) is 18.4. The zero-order valence-electron chi connectivity index (χ0n) is 9.65. The Morgan fingerprint density at radius 2 is 2.18 bits per heavy atom. The van der Waals surface area contributed by atoms with E-state index >= 15 is 0 Å². The summed E-state index contributed by atoms with van der Waals surface area (Å²) in [6.07, 6.45) is 1.30. The first kappa shape index (κ1) is 11.9. The van der Waals surface area contributed by atoms with Crippen LogP contribution in [0.4, 0.5) is 5.69 Å². The monoisotopic (exact) mass is 232 g/mol. The number of aliphatic hydroxyl groups is 1. The number of nitriles is 1. The van der Waals surface area contributed by atoms with Crippen molar-refractivity contribution < 1.29 is 9.84 Å². The highest BCUT2D eigenvalue weighted by Gasteiger charge is 2.29. The van der Waals surface area contributed by atoms with Gasteiger partial charge in [-0.15, -0.1) is 0 Å². The third-order valence-corrected chi connectivity index (χ3v) is 3.04. The Morgan fingerprint density at radius 1 is 1.41 bits per heavy atom. The Morgan fingerprint density at radius 3 is 2.88 bits per heavy atom. The number of ether oxygens (including phenoxy) is 1. The van der Waals surface area contributed by atoms with Gasteiger partial charge in [0.1, 0.15) is 0 Å². The smallest absolute Gasteiger partial charge is 0.0992 e. The molecule has 90 valence electrons. The van der Waals surface area contributed by atoms with E-state index in [9.17, 15) is 5.11 Å². The molecule has 0 aromatic heterocycles. The molecule has 1 aliphatic rings. The van der Waals surface area contributed by atoms with Crippen molar-refractivity contribution in [1.29, 1.82) is 5.26 Å². The second kappa shape index (κ2) is 5.17. The number of hydrogen-bond acceptors (Lipinski definition) is 4. The lowest BCUT2D eigenvalue weighted by atomic mass is 9.94. The Balaban J connectivity index is 1.95. The molecule has 2 rings (SSSR count). The van der Waals surface area contributed by atoms with Crippen molar-refractivity contribution in [2.24, 2.45) is 0 Å². The number of hydrogen-bond donors (Lipinski definition) is 2. The molecule has 17 heavy (non-hydrogen) atoms. The van der Waals surface area contributed by atoms with Gasteiger partial charge in [0.15, 0.2) is 0 Å². The third kappa shape index (κ3) is 3.19. The Kier molecular flexibility index (Phi) is 3.62. The maximum atomic E-state index is 10.3. The molecule has 0 aliphatic carbocycles. The fourth-order valence-electron chi connectivity index (χ4n) is 1.89. The van der Waals surface area contributed by atoms with Crippen LogP contribution in [0.5, 0.6) is 0 Å². The average molecular weight is 232 g/mol. The summed E-state index contributed by atoms with van der Waals surface area (Å²) in [4.78, 5) is 0. The SMILES string of the molecule is N#Cc1cccc(NCC2(O)CCOCC2)c1. The van der Waals surface area contributed by atoms with Crippen molar-refractivity contribution in [1.82, 2.24) is 0 Å². The van der Waals surface area contributed by atoms with Crippen LogP contribution in [-0.4, -0.2) is 30.5 Å². The summed E-state index contributed by atoms with van der Waals surface area (Å²) in [5.41, 5.74) is 0.791. The van der Waals surface area contributed by atoms with Crippen molar-refractivity contribution >= 4 is 5.69 Å². The summed E-state index contributed by atoms with van der Waals surface area (Å²) in [5.74, 6) is 0. The van der Waals surface area contributed by atoms with Crippen LogP contribution in [0, 0.1) is 11.3 Å². The largest absolute Gasteiger partial charge is 0.388 e. The van der Waals surface area contributed by atoms with E-state index in [1.165, 1.54) is 0 Å². The minimum absolute atomic E-state index is 0.491. The predicted octanol–water partition coefficient (Wildman–Crippen LogP) is 1.51. The molecule has 0 radical (unpaired) electrons. The van der Waals surface area contributed by atoms with Crippen molar-refractivity contribution in [3.05, 3.63) is 29.8 Å². The molecule has 0 unspecified atom stereocenters. The zero-order valence-corrected chi connectivity index (χ0v) is 9.65. The van der Waals surface area contributed by atoms with Gasteiger partial charge in [-0.25, -0.2) is 0 Å². The molecule has 0 amide bonds. The van der Waals surface area contributed by atoms with E-state index in [4.69, 9.17) is 10.00 Å². The molecule has 2 N–H and O–H groups in total. The van der Waals surface area contributed by atoms with Gasteiger partial charge in [0.25, 0.3) is 0 Å². The van der Waals surface area contributed by atoms with E-state index in [1.807, 2.05) is 12.1 Å². The molecular formula is C13H16N2O2. The van der Waals surface area contributed by atoms with Gasteiger partial charge in [0.2, 0.25) is 0 Å². The Labute approximate surface area is 101 Å². The molecule has 0 bridgehead atoms. The van der Waals surface area contributed by atoms with E-state index in [-0.39, 0.29) is 0 Å². The van der Waals surface area contributed by atoms with Crippen molar-refractivity contribution in [2.45, 2.75) is 18.4 Å². The Hall–Kier alpha value is -1.57. The minimum atomic E-state index is -0.694. The zero-order chi connectivity index (χ0) is 12.1. The maximum absolute atomic E-state index is 10.3. The van der Waals surface area contributed by atoms with E-state index in [2.05, 4.69) is 11.4 Å². The molecular weight excluding hydrogens is 216 g/mol. The van der Waals surface area contributed by atoms with Gasteiger partial charge in [0.05, 0.1) is 17.2 Å². The number of nitrogens with one attached hydrogen (secondary N) is 1. The Bertz CT molecular complexity index is 420. The molecule has 1 aromatic carbocycles. The molecule has 1 aromatic rings. The van der Waals surface area contributed by atoms with Gasteiger partial charge < -0.3 is 15.2 Å². The molecule has 1 heterocycles. The molecule has 1 fully saturated rings. The van der Waals surface area contributed by atoms with Gasteiger partial charge in [-0.1, -0.05) is 6.07 Å². The van der Waals surface area contributed by atoms with Crippen LogP contribution in [0.15, 0.2) is 24.3 Å². The highest BCUT2D eigenvalue weighted by molar-refractivity contribution is 5.49. The van der Waals surface area contributed by atoms with Crippen LogP contribution >= 0.6 is 0 Å². The molecule has 1 saturated heterocycles. The van der Waals surface area contributed by atoms with Crippen molar-refractivity contribution in [3.8, 4) is 6.07 Å². The first-order chi connectivity index (χ1) is 8.22. The van der Waals surface area contributed by atoms with Crippen LogP contribution in [-0.2, 0) is 4.74 Å². The van der Waals surface area contributed by atoms with E-state index < -0.39 is 5.60 Å². The lowest BCUT2D eigenvalue weighted by Gasteiger charge is -2.32. The highest BCUT2D eigenvalue weighted by Crippen LogP contribution is 2.21. The van der Waals surface area contributed by atoms with Crippen LogP contribution in [0.1, 0.15) is 18.4 Å². The number of rotatable bonds is 3. The maximum Gasteiger partial charge on any atom is 0.0992 e. The molecule has 4 nitrogen and oxygen atoms in total. The third-order valence-electron chi connectivity index (χ3n) is 3.04. The summed E-state index contributed by atoms with van der Waals surface area (Å²) >= 11 is 0. The van der Waals surface area contributed by atoms with Gasteiger partial charge in [-0.05, 0) is 18.2 Å². The second-order valence-electron chi connectivity index (χ2n) is 4.38. The van der Waals surface area contributed by atoms with E-state index in [1.54, 1.807) is 12.1 Å². The predicted molar refractivity (Wildman–Crippen MR) is 64.6 cm³/mol. The van der Waals surface area contributed by atoms with Crippen LogP contribution in [0.2, 0.25) is 0 Å². The van der Waals surface area contributed by atoms with Crippen LogP contribution in [0.25, 0.3) is 0 Å². The van der Waals surface area contributed by atoms with Crippen LogP contribution < -0.4 is 5.32 Å². The topological polar surface area (TPSA) is 65.3 Å². The van der Waals surface area contributed by atoms with Crippen molar-refractivity contribution in [3.63, 3.8) is 0 Å². The van der Waals surface area contributed by atoms with E-state index in [0.717, 1.165) is 5.69 Å². The standard InChI is InChI=1S/C13H16N2O2/c14-9-11-2-1-3-12(8-11)15-10-13(16)4-6-17-7-5-13/h1-3,8,15-16H,4-7,10H2. The molecule has 4 heteroatoms. The molecule has 0 spiro atoms. The summed E-state index contributed by atoms with van der Waals surface area (Å²) in [7, 11) is 0. The van der Waals surface area contributed by atoms with E-state index in [0.29, 0.717) is 38.2 Å². The van der Waals surface area contributed by atoms with Crippen molar-refractivity contribution in [2.75, 3.05) is 25.1 Å². The summed E-state index contributed by atoms with van der Waals surface area (Å²) < 4.78 is 5.22. The summed E-state index contributed by atoms with van der Waals surface area (Å²) in [6.45, 7) is 1.71. The van der Waals surface area contributed by atoms with Gasteiger partial charge in [0, 0.05) is 38.3 Å². The fraction of sp³-hybridized carbons (Fsp3) is 0.462. The summed E-state index contributed by atoms with van der Waals surface area (Å²) in [5, 5.41) is 22.2. The molecule has 0 saturated carbocycles. The molecule has 0 atom stereocenters. The van der Waals surface area contributed by atoms with Gasteiger partial charge >= 0.3 is 0 Å². The summed E-state index contributed by atoms with van der Waals surface area (Å²) in [6, 6.07) is 9.35. The number of anilines is 1. The molecule has 1 aliphatic heterocycles. The van der Waals surface area contributed by atoms with Crippen LogP contribution in [0.3, 0.4) is 0 Å². The minimum Gasteiger partial charge on any atom is -0.388 e. The lowest BCUT2D eigenvalue weighted by Crippen LogP contribution is -2.42. The second-order valence-corrected chi connectivity index (χ2v) is 4.38. The average Bonchev–Trinajstić information content (AvgIpc) is 2.38.